The van der Waals surface area contributed by atoms with E-state index in [-0.39, 0.29) is 17.7 Å². The maximum atomic E-state index is 12.9. The Morgan fingerprint density at radius 2 is 1.74 bits per heavy atom. The van der Waals surface area contributed by atoms with Crippen LogP contribution in [0, 0.1) is 17.8 Å². The number of imide groups is 1. The fourth-order valence-corrected chi connectivity index (χ4v) is 3.63. The predicted molar refractivity (Wildman–Crippen MR) is 101 cm³/mol. The number of hydrogen-bond acceptors (Lipinski definition) is 4. The van der Waals surface area contributed by atoms with Crippen LogP contribution < -0.4 is 5.32 Å². The molecule has 146 valence electrons. The van der Waals surface area contributed by atoms with E-state index in [1.54, 1.807) is 27.7 Å². The maximum Gasteiger partial charge on any atom is 0.417 e. The molecule has 0 aromatic heterocycles. The van der Waals surface area contributed by atoms with Crippen molar-refractivity contribution in [1.82, 2.24) is 10.2 Å². The number of amides is 3. The summed E-state index contributed by atoms with van der Waals surface area (Å²) >= 11 is 0. The number of carbonyl (C=O) groups is 3. The molecule has 0 bridgehead atoms. The van der Waals surface area contributed by atoms with Gasteiger partial charge in [-0.1, -0.05) is 44.2 Å². The third-order valence-corrected chi connectivity index (χ3v) is 5.27. The molecule has 1 N–H and O–H groups in total. The molecule has 3 unspecified atom stereocenters. The lowest BCUT2D eigenvalue weighted by atomic mass is 9.94. The molecule has 1 saturated carbocycles. The van der Waals surface area contributed by atoms with Crippen LogP contribution >= 0.6 is 0 Å². The van der Waals surface area contributed by atoms with Gasteiger partial charge in [0.25, 0.3) is 0 Å². The molecule has 6 heteroatoms. The quantitative estimate of drug-likeness (QED) is 0.883. The molecule has 6 nitrogen and oxygen atoms in total. The molecule has 2 fully saturated rings. The molecule has 1 aliphatic carbocycles. The predicted octanol–water partition coefficient (Wildman–Crippen LogP) is 3.28. The lowest BCUT2D eigenvalue weighted by Gasteiger charge is -2.30. The number of benzene rings is 1. The Hall–Kier alpha value is -2.37. The van der Waals surface area contributed by atoms with Crippen LogP contribution in [-0.2, 0) is 14.3 Å². The zero-order valence-corrected chi connectivity index (χ0v) is 16.6. The molecule has 5 atom stereocenters. The highest BCUT2D eigenvalue weighted by Crippen LogP contribution is 2.41. The molecule has 1 aromatic carbocycles. The van der Waals surface area contributed by atoms with E-state index in [4.69, 9.17) is 4.74 Å². The normalized spacial score (nSPS) is 30.2. The maximum absolute atomic E-state index is 12.9. The van der Waals surface area contributed by atoms with Crippen LogP contribution in [0.25, 0.3) is 0 Å². The van der Waals surface area contributed by atoms with Gasteiger partial charge in [0.05, 0.1) is 18.0 Å². The summed E-state index contributed by atoms with van der Waals surface area (Å²) in [5.74, 6) is -0.513. The van der Waals surface area contributed by atoms with Crippen LogP contribution in [0.15, 0.2) is 30.3 Å². The van der Waals surface area contributed by atoms with Crippen molar-refractivity contribution in [3.05, 3.63) is 35.9 Å². The minimum absolute atomic E-state index is 0.000646. The largest absolute Gasteiger partial charge is 0.443 e. The van der Waals surface area contributed by atoms with Crippen LogP contribution in [0.2, 0.25) is 0 Å². The highest BCUT2D eigenvalue weighted by Gasteiger charge is 2.52. The zero-order chi connectivity index (χ0) is 19.9. The molecular formula is C21H28N2O4. The minimum atomic E-state index is -0.716. The molecule has 1 heterocycles. The van der Waals surface area contributed by atoms with Crippen molar-refractivity contribution in [3.8, 4) is 0 Å². The van der Waals surface area contributed by atoms with Gasteiger partial charge in [0, 0.05) is 5.92 Å². The van der Waals surface area contributed by atoms with Gasteiger partial charge in [0.1, 0.15) is 5.60 Å². The van der Waals surface area contributed by atoms with Crippen molar-refractivity contribution in [2.45, 2.75) is 58.7 Å². The number of hydrogen-bond donors (Lipinski definition) is 1. The molecule has 1 saturated heterocycles. The second-order valence-electron chi connectivity index (χ2n) is 8.69. The van der Waals surface area contributed by atoms with Crippen molar-refractivity contribution in [1.29, 1.82) is 0 Å². The summed E-state index contributed by atoms with van der Waals surface area (Å²) in [6.07, 6.45) is 0.192. The monoisotopic (exact) mass is 372 g/mol. The molecule has 27 heavy (non-hydrogen) atoms. The van der Waals surface area contributed by atoms with E-state index in [1.807, 2.05) is 37.3 Å². The SMILES string of the molecule is CC1C(=O)N(C(=O)OC(C)(C)C)C(c2ccccc2)[C@H]1NC(=O)C1C[C@@H]1C. The summed E-state index contributed by atoms with van der Waals surface area (Å²) in [7, 11) is 0. The third-order valence-electron chi connectivity index (χ3n) is 5.27. The Kier molecular flexibility index (Phi) is 5.02. The van der Waals surface area contributed by atoms with Gasteiger partial charge in [0.2, 0.25) is 11.8 Å². The van der Waals surface area contributed by atoms with Gasteiger partial charge in [-0.25, -0.2) is 9.69 Å². The Labute approximate surface area is 160 Å². The van der Waals surface area contributed by atoms with E-state index >= 15 is 0 Å². The van der Waals surface area contributed by atoms with E-state index in [1.165, 1.54) is 4.90 Å². The number of carbonyl (C=O) groups excluding carboxylic acids is 3. The average molecular weight is 372 g/mol. The summed E-state index contributed by atoms with van der Waals surface area (Å²) < 4.78 is 5.48. The Morgan fingerprint density at radius 3 is 2.26 bits per heavy atom. The van der Waals surface area contributed by atoms with Gasteiger partial charge < -0.3 is 10.1 Å². The lowest BCUT2D eigenvalue weighted by molar-refractivity contribution is -0.130. The smallest absolute Gasteiger partial charge is 0.417 e. The summed E-state index contributed by atoms with van der Waals surface area (Å²) in [4.78, 5) is 39.5. The van der Waals surface area contributed by atoms with Crippen LogP contribution in [0.1, 0.15) is 52.6 Å². The number of rotatable bonds is 3. The second-order valence-corrected chi connectivity index (χ2v) is 8.69. The number of nitrogens with zero attached hydrogens (tertiary/aromatic N) is 1. The van der Waals surface area contributed by atoms with Crippen molar-refractivity contribution >= 4 is 17.9 Å². The first kappa shape index (κ1) is 19.4. The lowest BCUT2D eigenvalue weighted by Crippen LogP contribution is -2.44. The van der Waals surface area contributed by atoms with E-state index in [0.717, 1.165) is 12.0 Å². The molecule has 3 rings (SSSR count). The molecule has 2 aliphatic rings. The first-order chi connectivity index (χ1) is 12.6. The molecule has 3 amide bonds. The van der Waals surface area contributed by atoms with Crippen LogP contribution in [0.5, 0.6) is 0 Å². The number of ether oxygens (including phenoxy) is 1. The average Bonchev–Trinajstić information content (AvgIpc) is 3.27. The first-order valence-electron chi connectivity index (χ1n) is 9.51. The topological polar surface area (TPSA) is 75.7 Å². The van der Waals surface area contributed by atoms with Gasteiger partial charge in [0.15, 0.2) is 0 Å². The highest BCUT2D eigenvalue weighted by molar-refractivity contribution is 5.97. The first-order valence-corrected chi connectivity index (χ1v) is 9.51. The van der Waals surface area contributed by atoms with Crippen LogP contribution in [0.3, 0.4) is 0 Å². The van der Waals surface area contributed by atoms with E-state index < -0.39 is 29.7 Å². The van der Waals surface area contributed by atoms with Crippen molar-refractivity contribution < 1.29 is 19.1 Å². The minimum Gasteiger partial charge on any atom is -0.443 e. The van der Waals surface area contributed by atoms with Crippen molar-refractivity contribution in [2.75, 3.05) is 0 Å². The van der Waals surface area contributed by atoms with Crippen LogP contribution in [-0.4, -0.2) is 34.5 Å². The Morgan fingerprint density at radius 1 is 1.15 bits per heavy atom. The number of likely N-dealkylation sites (tertiary alicyclic amines) is 1. The van der Waals surface area contributed by atoms with Gasteiger partial charge in [-0.3, -0.25) is 9.59 Å². The molecule has 0 radical (unpaired) electrons. The van der Waals surface area contributed by atoms with E-state index in [9.17, 15) is 14.4 Å². The molecule has 1 aliphatic heterocycles. The highest BCUT2D eigenvalue weighted by atomic mass is 16.6. The van der Waals surface area contributed by atoms with Crippen molar-refractivity contribution in [2.24, 2.45) is 17.8 Å². The standard InChI is InChI=1S/C21H28N2O4/c1-12-11-15(12)18(24)22-16-13(2)19(25)23(20(26)27-21(3,4)5)17(16)14-9-7-6-8-10-14/h6-10,12-13,15-17H,11H2,1-5H3,(H,22,24)/t12-,13?,15?,16-,17?/m0/s1. The fraction of sp³-hybridized carbons (Fsp3) is 0.571. The van der Waals surface area contributed by atoms with Gasteiger partial charge in [-0.2, -0.15) is 0 Å². The summed E-state index contributed by atoms with van der Waals surface area (Å²) in [6, 6.07) is 8.27. The Bertz CT molecular complexity index is 740. The van der Waals surface area contributed by atoms with E-state index in [0.29, 0.717) is 5.92 Å². The van der Waals surface area contributed by atoms with Crippen LogP contribution in [0.4, 0.5) is 4.79 Å². The van der Waals surface area contributed by atoms with E-state index in [2.05, 4.69) is 5.32 Å². The molecular weight excluding hydrogens is 344 g/mol. The zero-order valence-electron chi connectivity index (χ0n) is 16.6. The molecule has 0 spiro atoms. The fourth-order valence-electron chi connectivity index (χ4n) is 3.63. The second kappa shape index (κ2) is 6.98. The van der Waals surface area contributed by atoms with Gasteiger partial charge >= 0.3 is 6.09 Å². The summed E-state index contributed by atoms with van der Waals surface area (Å²) in [5, 5.41) is 3.04. The van der Waals surface area contributed by atoms with Gasteiger partial charge in [-0.05, 0) is 38.7 Å². The molecule has 1 aromatic rings. The third kappa shape index (κ3) is 3.99. The number of nitrogens with one attached hydrogen (secondary N) is 1. The van der Waals surface area contributed by atoms with Crippen molar-refractivity contribution in [3.63, 3.8) is 0 Å². The Balaban J connectivity index is 1.93. The summed E-state index contributed by atoms with van der Waals surface area (Å²) in [6.45, 7) is 9.08. The van der Waals surface area contributed by atoms with Gasteiger partial charge in [-0.15, -0.1) is 0 Å². The summed E-state index contributed by atoms with van der Waals surface area (Å²) in [5.41, 5.74) is 0.0855.